The third kappa shape index (κ3) is 3.67. The summed E-state index contributed by atoms with van der Waals surface area (Å²) < 4.78 is 0. The average Bonchev–Trinajstić information content (AvgIpc) is 2.34. The highest BCUT2D eigenvalue weighted by molar-refractivity contribution is 7.98. The van der Waals surface area contributed by atoms with E-state index in [1.165, 1.54) is 0 Å². The van der Waals surface area contributed by atoms with Gasteiger partial charge < -0.3 is 10.0 Å². The summed E-state index contributed by atoms with van der Waals surface area (Å²) >= 11 is 1.85. The number of rotatable bonds is 6. The normalized spacial score (nSPS) is 12.2. The number of aromatic carboxylic acids is 1. The molecule has 0 spiro atoms. The first kappa shape index (κ1) is 14.9. The molecule has 0 saturated carbocycles. The third-order valence-electron chi connectivity index (χ3n) is 3.22. The monoisotopic (exact) mass is 267 g/mol. The summed E-state index contributed by atoms with van der Waals surface area (Å²) in [4.78, 5) is 13.1. The minimum atomic E-state index is -0.872. The highest BCUT2D eigenvalue weighted by Gasteiger charge is 2.13. The lowest BCUT2D eigenvalue weighted by Gasteiger charge is -2.28. The number of benzene rings is 1. The fraction of sp³-hybridized carbons (Fsp3) is 0.500. The Kier molecular flexibility index (Phi) is 5.54. The van der Waals surface area contributed by atoms with Gasteiger partial charge in [0.25, 0.3) is 0 Å². The summed E-state index contributed by atoms with van der Waals surface area (Å²) in [6, 6.07) is 5.75. The van der Waals surface area contributed by atoms with Crippen LogP contribution in [0.2, 0.25) is 0 Å². The number of hydrogen-bond acceptors (Lipinski definition) is 3. The van der Waals surface area contributed by atoms with Crippen LogP contribution in [0.25, 0.3) is 0 Å². The van der Waals surface area contributed by atoms with Crippen molar-refractivity contribution >= 4 is 23.4 Å². The summed E-state index contributed by atoms with van der Waals surface area (Å²) in [6.07, 6.45) is 3.23. The number of anilines is 1. The van der Waals surface area contributed by atoms with Crippen molar-refractivity contribution in [2.45, 2.75) is 26.3 Å². The van der Waals surface area contributed by atoms with Crippen LogP contribution in [0.5, 0.6) is 0 Å². The largest absolute Gasteiger partial charge is 0.478 e. The first-order valence-electron chi connectivity index (χ1n) is 6.03. The van der Waals surface area contributed by atoms with E-state index >= 15 is 0 Å². The van der Waals surface area contributed by atoms with Crippen LogP contribution in [0, 0.1) is 6.92 Å². The molecule has 0 aliphatic rings. The molecule has 0 bridgehead atoms. The minimum absolute atomic E-state index is 0.349. The molecule has 0 fully saturated rings. The molecule has 1 aromatic rings. The summed E-state index contributed by atoms with van der Waals surface area (Å²) in [7, 11) is 2.06. The molecule has 18 heavy (non-hydrogen) atoms. The van der Waals surface area contributed by atoms with Crippen LogP contribution in [-0.4, -0.2) is 36.2 Å². The summed E-state index contributed by atoms with van der Waals surface area (Å²) in [5.41, 5.74) is 2.46. The van der Waals surface area contributed by atoms with Gasteiger partial charge in [0.15, 0.2) is 0 Å². The predicted octanol–water partition coefficient (Wildman–Crippen LogP) is 3.27. The second-order valence-electron chi connectivity index (χ2n) is 4.55. The van der Waals surface area contributed by atoms with Crippen molar-refractivity contribution in [1.82, 2.24) is 0 Å². The smallest absolute Gasteiger partial charge is 0.335 e. The standard InChI is InChI=1S/C14H21NO2S/c1-10-9-12(14(16)17)5-6-13(10)15(3)11(2)7-8-18-4/h5-6,9,11H,7-8H2,1-4H3,(H,16,17). The van der Waals surface area contributed by atoms with Gasteiger partial charge in [-0.15, -0.1) is 0 Å². The summed E-state index contributed by atoms with van der Waals surface area (Å²) in [5.74, 6) is 0.264. The van der Waals surface area contributed by atoms with Gasteiger partial charge in [-0.05, 0) is 56.0 Å². The highest BCUT2D eigenvalue weighted by atomic mass is 32.2. The zero-order valence-electron chi connectivity index (χ0n) is 11.4. The van der Waals surface area contributed by atoms with E-state index < -0.39 is 5.97 Å². The molecular weight excluding hydrogens is 246 g/mol. The Hall–Kier alpha value is -1.16. The van der Waals surface area contributed by atoms with Gasteiger partial charge in [-0.1, -0.05) is 0 Å². The van der Waals surface area contributed by atoms with Crippen molar-refractivity contribution < 1.29 is 9.90 Å². The van der Waals surface area contributed by atoms with Crippen LogP contribution in [-0.2, 0) is 0 Å². The number of carboxylic acid groups (broad SMARTS) is 1. The first-order chi connectivity index (χ1) is 8.47. The second-order valence-corrected chi connectivity index (χ2v) is 5.53. The zero-order valence-corrected chi connectivity index (χ0v) is 12.3. The molecule has 1 atom stereocenters. The van der Waals surface area contributed by atoms with Crippen LogP contribution >= 0.6 is 11.8 Å². The molecule has 0 heterocycles. The first-order valence-corrected chi connectivity index (χ1v) is 7.42. The van der Waals surface area contributed by atoms with Gasteiger partial charge >= 0.3 is 5.97 Å². The molecule has 0 aliphatic heterocycles. The Labute approximate surface area is 113 Å². The molecule has 4 heteroatoms. The number of carboxylic acids is 1. The molecule has 1 rings (SSSR count). The van der Waals surface area contributed by atoms with Gasteiger partial charge in [-0.2, -0.15) is 11.8 Å². The van der Waals surface area contributed by atoms with Crippen molar-refractivity contribution in [3.63, 3.8) is 0 Å². The molecule has 0 saturated heterocycles. The van der Waals surface area contributed by atoms with Crippen LogP contribution in [0.15, 0.2) is 18.2 Å². The fourth-order valence-corrected chi connectivity index (χ4v) is 2.48. The fourth-order valence-electron chi connectivity index (χ4n) is 1.90. The number of carbonyl (C=O) groups is 1. The predicted molar refractivity (Wildman–Crippen MR) is 79.0 cm³/mol. The van der Waals surface area contributed by atoms with E-state index in [1.54, 1.807) is 12.1 Å². The van der Waals surface area contributed by atoms with Gasteiger partial charge in [-0.3, -0.25) is 0 Å². The molecule has 1 aromatic carbocycles. The van der Waals surface area contributed by atoms with Gasteiger partial charge in [0, 0.05) is 18.8 Å². The molecule has 3 nitrogen and oxygen atoms in total. The van der Waals surface area contributed by atoms with E-state index in [9.17, 15) is 4.79 Å². The molecule has 100 valence electrons. The molecule has 0 amide bonds. The van der Waals surface area contributed by atoms with Gasteiger partial charge in [0.05, 0.1) is 5.56 Å². The summed E-state index contributed by atoms with van der Waals surface area (Å²) in [5, 5.41) is 8.95. The van der Waals surface area contributed by atoms with Crippen LogP contribution in [0.1, 0.15) is 29.3 Å². The molecule has 0 radical (unpaired) electrons. The Morgan fingerprint density at radius 2 is 2.17 bits per heavy atom. The average molecular weight is 267 g/mol. The lowest BCUT2D eigenvalue weighted by atomic mass is 10.1. The Balaban J connectivity index is 2.86. The van der Waals surface area contributed by atoms with E-state index in [-0.39, 0.29) is 0 Å². The van der Waals surface area contributed by atoms with Crippen molar-refractivity contribution in [2.24, 2.45) is 0 Å². The number of aryl methyl sites for hydroxylation is 1. The third-order valence-corrected chi connectivity index (χ3v) is 3.87. The molecule has 1 N–H and O–H groups in total. The molecular formula is C14H21NO2S. The quantitative estimate of drug-likeness (QED) is 0.859. The van der Waals surface area contributed by atoms with E-state index in [4.69, 9.17) is 5.11 Å². The molecule has 1 unspecified atom stereocenters. The van der Waals surface area contributed by atoms with Crippen LogP contribution in [0.4, 0.5) is 5.69 Å². The van der Waals surface area contributed by atoms with E-state index in [0.29, 0.717) is 11.6 Å². The Morgan fingerprint density at radius 3 is 2.67 bits per heavy atom. The topological polar surface area (TPSA) is 40.5 Å². The Morgan fingerprint density at radius 1 is 1.50 bits per heavy atom. The lowest BCUT2D eigenvalue weighted by molar-refractivity contribution is 0.0697. The van der Waals surface area contributed by atoms with Crippen molar-refractivity contribution in [3.8, 4) is 0 Å². The maximum Gasteiger partial charge on any atom is 0.335 e. The number of thioether (sulfide) groups is 1. The summed E-state index contributed by atoms with van der Waals surface area (Å²) in [6.45, 7) is 4.15. The Bertz CT molecular complexity index is 420. The van der Waals surface area contributed by atoms with Crippen molar-refractivity contribution in [1.29, 1.82) is 0 Å². The van der Waals surface area contributed by atoms with Gasteiger partial charge in [0.1, 0.15) is 0 Å². The van der Waals surface area contributed by atoms with Gasteiger partial charge in [0.2, 0.25) is 0 Å². The minimum Gasteiger partial charge on any atom is -0.478 e. The van der Waals surface area contributed by atoms with E-state index in [2.05, 4.69) is 25.1 Å². The SMILES string of the molecule is CSCCC(C)N(C)c1ccc(C(=O)O)cc1C. The highest BCUT2D eigenvalue weighted by Crippen LogP contribution is 2.23. The van der Waals surface area contributed by atoms with Gasteiger partial charge in [-0.25, -0.2) is 4.79 Å². The number of nitrogens with zero attached hydrogens (tertiary/aromatic N) is 1. The van der Waals surface area contributed by atoms with Crippen molar-refractivity contribution in [2.75, 3.05) is 24.0 Å². The van der Waals surface area contributed by atoms with Crippen molar-refractivity contribution in [3.05, 3.63) is 29.3 Å². The molecule has 0 aromatic heterocycles. The lowest BCUT2D eigenvalue weighted by Crippen LogP contribution is -2.29. The number of hydrogen-bond donors (Lipinski definition) is 1. The maximum atomic E-state index is 10.9. The van der Waals surface area contributed by atoms with Crippen LogP contribution in [0.3, 0.4) is 0 Å². The van der Waals surface area contributed by atoms with E-state index in [1.807, 2.05) is 24.8 Å². The van der Waals surface area contributed by atoms with Crippen LogP contribution < -0.4 is 4.90 Å². The zero-order chi connectivity index (χ0) is 13.7. The maximum absolute atomic E-state index is 10.9. The second kappa shape index (κ2) is 6.69. The molecule has 0 aliphatic carbocycles. The van der Waals surface area contributed by atoms with E-state index in [0.717, 1.165) is 23.4 Å².